The van der Waals surface area contributed by atoms with Crippen molar-refractivity contribution in [2.45, 2.75) is 77.6 Å². The fraction of sp³-hybridized carbons (Fsp3) is 0.405. The SMILES string of the molecule is CC(=O)NCCCCCC(=O)NCc1cccc(-c2ccc([C@H]3O[C@@H](CN(C)CCc4ccccn4)[C@@H](C)[C@@H](c4ccc(CO)cc4)O3)cc2)c1. The number of aliphatic hydroxyl groups excluding tert-OH is 1. The van der Waals surface area contributed by atoms with Crippen LogP contribution in [-0.2, 0) is 38.6 Å². The number of benzene rings is 3. The van der Waals surface area contributed by atoms with Gasteiger partial charge in [-0.1, -0.05) is 86.1 Å². The van der Waals surface area contributed by atoms with Gasteiger partial charge >= 0.3 is 0 Å². The normalized spacial score (nSPS) is 18.8. The predicted molar refractivity (Wildman–Crippen MR) is 199 cm³/mol. The molecular weight excluding hydrogens is 640 g/mol. The van der Waals surface area contributed by atoms with Crippen LogP contribution in [0.4, 0.5) is 0 Å². The summed E-state index contributed by atoms with van der Waals surface area (Å²) in [4.78, 5) is 30.2. The van der Waals surface area contributed by atoms with Crippen LogP contribution < -0.4 is 10.6 Å². The summed E-state index contributed by atoms with van der Waals surface area (Å²) in [6.45, 7) is 6.44. The number of rotatable bonds is 17. The van der Waals surface area contributed by atoms with Gasteiger partial charge in [0.1, 0.15) is 0 Å². The van der Waals surface area contributed by atoms with E-state index in [2.05, 4.69) is 77.0 Å². The lowest BCUT2D eigenvalue weighted by molar-refractivity contribution is -0.275. The van der Waals surface area contributed by atoms with Crippen molar-refractivity contribution in [3.8, 4) is 11.1 Å². The Bertz CT molecular complexity index is 1670. The zero-order valence-corrected chi connectivity index (χ0v) is 30.1. The van der Waals surface area contributed by atoms with Crippen molar-refractivity contribution in [1.82, 2.24) is 20.5 Å². The third kappa shape index (κ3) is 11.6. The van der Waals surface area contributed by atoms with Crippen LogP contribution in [0.15, 0.2) is 97.2 Å². The largest absolute Gasteiger partial charge is 0.392 e. The van der Waals surface area contributed by atoms with Gasteiger partial charge in [-0.15, -0.1) is 0 Å². The molecule has 2 amide bonds. The molecule has 1 aliphatic rings. The maximum absolute atomic E-state index is 12.4. The number of carbonyl (C=O) groups excluding carboxylic acids is 2. The minimum Gasteiger partial charge on any atom is -0.392 e. The Morgan fingerprint density at radius 3 is 2.35 bits per heavy atom. The maximum Gasteiger partial charge on any atom is 0.220 e. The first kappa shape index (κ1) is 37.8. The third-order valence-corrected chi connectivity index (χ3v) is 9.48. The topological polar surface area (TPSA) is 113 Å². The second-order valence-corrected chi connectivity index (χ2v) is 13.5. The smallest absolute Gasteiger partial charge is 0.220 e. The molecule has 4 aromatic rings. The van der Waals surface area contributed by atoms with E-state index in [1.165, 1.54) is 6.92 Å². The fourth-order valence-corrected chi connectivity index (χ4v) is 6.41. The standard InChI is InChI=1S/C42H52N4O5/c1-30-39(28-46(3)25-22-38-12-6-8-24-44-38)50-42(51-41(30)35-16-14-32(29-47)15-17-35)36-20-18-34(19-21-36)37-11-9-10-33(26-37)27-45-40(49)13-5-4-7-23-43-31(2)48/h6,8-12,14-21,24,26,30,39,41-42,47H,4-5,7,13,22-23,25,27-29H2,1-3H3,(H,43,48)(H,45,49)/t30-,39+,41+,42+/m1/s1. The van der Waals surface area contributed by atoms with Gasteiger partial charge in [0, 0.05) is 69.3 Å². The molecule has 5 rings (SSSR count). The van der Waals surface area contributed by atoms with E-state index in [0.29, 0.717) is 19.5 Å². The second kappa shape index (κ2) is 19.3. The highest BCUT2D eigenvalue weighted by Crippen LogP contribution is 2.42. The van der Waals surface area contributed by atoms with Crippen molar-refractivity contribution in [2.24, 2.45) is 5.92 Å². The Hall–Kier alpha value is -4.41. The number of hydrogen-bond donors (Lipinski definition) is 3. The molecule has 0 radical (unpaired) electrons. The van der Waals surface area contributed by atoms with Crippen LogP contribution in [0, 0.1) is 5.92 Å². The number of nitrogens with zero attached hydrogens (tertiary/aromatic N) is 2. The first-order valence-corrected chi connectivity index (χ1v) is 18.1. The van der Waals surface area contributed by atoms with Gasteiger partial charge < -0.3 is 30.1 Å². The summed E-state index contributed by atoms with van der Waals surface area (Å²) < 4.78 is 13.4. The molecule has 2 heterocycles. The lowest BCUT2D eigenvalue weighted by Gasteiger charge is -2.42. The third-order valence-electron chi connectivity index (χ3n) is 9.48. The highest BCUT2D eigenvalue weighted by atomic mass is 16.7. The van der Waals surface area contributed by atoms with Crippen LogP contribution >= 0.6 is 0 Å². The van der Waals surface area contributed by atoms with Crippen molar-refractivity contribution in [3.05, 3.63) is 125 Å². The molecule has 9 nitrogen and oxygen atoms in total. The van der Waals surface area contributed by atoms with E-state index in [0.717, 1.165) is 77.8 Å². The molecule has 3 aromatic carbocycles. The molecule has 3 N–H and O–H groups in total. The Morgan fingerprint density at radius 1 is 0.843 bits per heavy atom. The minimum atomic E-state index is -0.543. The zero-order chi connectivity index (χ0) is 36.0. The van der Waals surface area contributed by atoms with Crippen LogP contribution in [0.3, 0.4) is 0 Å². The van der Waals surface area contributed by atoms with E-state index in [9.17, 15) is 14.7 Å². The van der Waals surface area contributed by atoms with E-state index in [4.69, 9.17) is 9.47 Å². The van der Waals surface area contributed by atoms with Crippen molar-refractivity contribution in [3.63, 3.8) is 0 Å². The average Bonchev–Trinajstić information content (AvgIpc) is 3.16. The maximum atomic E-state index is 12.4. The number of likely N-dealkylation sites (N-methyl/N-ethyl adjacent to an activating group) is 1. The molecule has 4 atom stereocenters. The highest BCUT2D eigenvalue weighted by Gasteiger charge is 2.38. The molecule has 0 bridgehead atoms. The van der Waals surface area contributed by atoms with E-state index in [1.54, 1.807) is 0 Å². The van der Waals surface area contributed by atoms with E-state index < -0.39 is 6.29 Å². The number of unbranched alkanes of at least 4 members (excludes halogenated alkanes) is 2. The molecule has 1 saturated heterocycles. The van der Waals surface area contributed by atoms with Crippen LogP contribution in [0.25, 0.3) is 11.1 Å². The molecule has 1 aromatic heterocycles. The lowest BCUT2D eigenvalue weighted by atomic mass is 9.90. The number of amides is 2. The molecule has 1 aliphatic heterocycles. The highest BCUT2D eigenvalue weighted by molar-refractivity contribution is 5.76. The van der Waals surface area contributed by atoms with Crippen molar-refractivity contribution in [1.29, 1.82) is 0 Å². The molecule has 0 saturated carbocycles. The Morgan fingerprint density at radius 2 is 1.63 bits per heavy atom. The molecule has 51 heavy (non-hydrogen) atoms. The van der Waals surface area contributed by atoms with Crippen LogP contribution in [0.1, 0.15) is 79.9 Å². The quantitative estimate of drug-likeness (QED) is 0.108. The van der Waals surface area contributed by atoms with Gasteiger partial charge in [-0.3, -0.25) is 14.6 Å². The Labute approximate surface area is 302 Å². The minimum absolute atomic E-state index is 0.00368. The number of pyridine rings is 1. The van der Waals surface area contributed by atoms with Gasteiger partial charge in [0.2, 0.25) is 11.8 Å². The summed E-state index contributed by atoms with van der Waals surface area (Å²) in [6.07, 6.45) is 4.95. The van der Waals surface area contributed by atoms with Gasteiger partial charge in [-0.05, 0) is 65.9 Å². The molecule has 1 fully saturated rings. The first-order chi connectivity index (χ1) is 24.8. The number of aliphatic hydroxyl groups is 1. The number of carbonyl (C=O) groups is 2. The first-order valence-electron chi connectivity index (χ1n) is 18.1. The summed E-state index contributed by atoms with van der Waals surface area (Å²) in [5.41, 5.74) is 7.13. The number of nitrogens with one attached hydrogen (secondary N) is 2. The van der Waals surface area contributed by atoms with Crippen molar-refractivity contribution >= 4 is 11.8 Å². The van der Waals surface area contributed by atoms with Crippen LogP contribution in [0.5, 0.6) is 0 Å². The monoisotopic (exact) mass is 692 g/mol. The van der Waals surface area contributed by atoms with E-state index >= 15 is 0 Å². The summed E-state index contributed by atoms with van der Waals surface area (Å²) in [6, 6.07) is 30.6. The fourth-order valence-electron chi connectivity index (χ4n) is 6.41. The summed E-state index contributed by atoms with van der Waals surface area (Å²) in [5.74, 6) is 0.104. The van der Waals surface area contributed by atoms with Gasteiger partial charge in [0.05, 0.1) is 18.8 Å². The Balaban J connectivity index is 1.22. The summed E-state index contributed by atoms with van der Waals surface area (Å²) in [5, 5.41) is 15.4. The van der Waals surface area contributed by atoms with Gasteiger partial charge in [-0.25, -0.2) is 0 Å². The number of hydrogen-bond acceptors (Lipinski definition) is 7. The van der Waals surface area contributed by atoms with Gasteiger partial charge in [0.25, 0.3) is 0 Å². The van der Waals surface area contributed by atoms with Crippen molar-refractivity contribution < 1.29 is 24.2 Å². The molecule has 0 aliphatic carbocycles. The summed E-state index contributed by atoms with van der Waals surface area (Å²) in [7, 11) is 2.13. The summed E-state index contributed by atoms with van der Waals surface area (Å²) >= 11 is 0. The van der Waals surface area contributed by atoms with E-state index in [-0.39, 0.29) is 36.5 Å². The lowest BCUT2D eigenvalue weighted by Crippen LogP contribution is -2.43. The molecule has 0 spiro atoms. The molecule has 9 heteroatoms. The van der Waals surface area contributed by atoms with Gasteiger partial charge in [-0.2, -0.15) is 0 Å². The van der Waals surface area contributed by atoms with E-state index in [1.807, 2.05) is 54.7 Å². The molecule has 0 unspecified atom stereocenters. The zero-order valence-electron chi connectivity index (χ0n) is 30.1. The Kier molecular flexibility index (Phi) is 14.3. The number of ether oxygens (including phenoxy) is 2. The predicted octanol–water partition coefficient (Wildman–Crippen LogP) is 6.52. The average molecular weight is 693 g/mol. The number of aromatic nitrogens is 1. The molecule has 270 valence electrons. The van der Waals surface area contributed by atoms with Crippen LogP contribution in [-0.4, -0.2) is 59.6 Å². The molecular formula is C42H52N4O5. The second-order valence-electron chi connectivity index (χ2n) is 13.5. The van der Waals surface area contributed by atoms with Gasteiger partial charge in [0.15, 0.2) is 6.29 Å². The van der Waals surface area contributed by atoms with Crippen LogP contribution in [0.2, 0.25) is 0 Å². The van der Waals surface area contributed by atoms with Crippen molar-refractivity contribution in [2.75, 3.05) is 26.7 Å².